The molecule has 0 N–H and O–H groups in total. The lowest BCUT2D eigenvalue weighted by molar-refractivity contribution is -0.152. The summed E-state index contributed by atoms with van der Waals surface area (Å²) in [5.41, 5.74) is 7.57. The number of allylic oxidation sites excluding steroid dienone is 1. The van der Waals surface area contributed by atoms with Gasteiger partial charge in [-0.2, -0.15) is 0 Å². The third kappa shape index (κ3) is 3.35. The fourth-order valence-corrected chi connectivity index (χ4v) is 6.07. The first-order valence-electron chi connectivity index (χ1n) is 12.4. The lowest BCUT2D eigenvalue weighted by Gasteiger charge is -2.57. The van der Waals surface area contributed by atoms with Crippen molar-refractivity contribution in [2.75, 3.05) is 9.80 Å². The van der Waals surface area contributed by atoms with Gasteiger partial charge in [0.05, 0.1) is 23.1 Å². The van der Waals surface area contributed by atoms with Crippen LogP contribution in [0.3, 0.4) is 0 Å². The number of hydrogen-bond acceptors (Lipinski definition) is 3. The largest absolute Gasteiger partial charge is 0.453 e. The molecule has 2 aromatic rings. The molecule has 0 aliphatic carbocycles. The van der Waals surface area contributed by atoms with Crippen molar-refractivity contribution in [1.29, 1.82) is 0 Å². The second-order valence-corrected chi connectivity index (χ2v) is 11.1. The Balaban J connectivity index is 2.15. The van der Waals surface area contributed by atoms with E-state index in [9.17, 15) is 9.59 Å². The van der Waals surface area contributed by atoms with Gasteiger partial charge in [-0.05, 0) is 97.1 Å². The minimum atomic E-state index is -1.34. The summed E-state index contributed by atoms with van der Waals surface area (Å²) in [4.78, 5) is 32.3. The van der Waals surface area contributed by atoms with Crippen molar-refractivity contribution >= 4 is 23.2 Å². The Kier molecular flexibility index (Phi) is 5.70. The first-order valence-corrected chi connectivity index (χ1v) is 12.4. The Bertz CT molecular complexity index is 1180. The van der Waals surface area contributed by atoms with E-state index in [1.165, 1.54) is 0 Å². The van der Waals surface area contributed by atoms with Crippen LogP contribution in [0.15, 0.2) is 35.6 Å². The van der Waals surface area contributed by atoms with Gasteiger partial charge < -0.3 is 4.74 Å². The number of hydrogen-bond donors (Lipinski definition) is 0. The van der Waals surface area contributed by atoms with Crippen LogP contribution in [0.25, 0.3) is 0 Å². The maximum Gasteiger partial charge on any atom is 0.283 e. The van der Waals surface area contributed by atoms with Gasteiger partial charge in [-0.15, -0.1) is 0 Å². The van der Waals surface area contributed by atoms with E-state index >= 15 is 0 Å². The van der Waals surface area contributed by atoms with Gasteiger partial charge in [0.25, 0.3) is 5.85 Å². The van der Waals surface area contributed by atoms with Crippen molar-refractivity contribution in [1.82, 2.24) is 0 Å². The molecule has 2 aliphatic rings. The molecule has 0 aromatic heterocycles. The zero-order valence-corrected chi connectivity index (χ0v) is 23.0. The highest BCUT2D eigenvalue weighted by molar-refractivity contribution is 6.21. The second kappa shape index (κ2) is 7.97. The molecule has 0 bridgehead atoms. The average Bonchev–Trinajstić information content (AvgIpc) is 2.95. The molecule has 2 aliphatic heterocycles. The maximum atomic E-state index is 14.3. The van der Waals surface area contributed by atoms with Crippen LogP contribution >= 0.6 is 0 Å². The highest BCUT2D eigenvalue weighted by atomic mass is 16.6. The van der Waals surface area contributed by atoms with Gasteiger partial charge >= 0.3 is 0 Å². The molecule has 186 valence electrons. The van der Waals surface area contributed by atoms with Gasteiger partial charge in [0.15, 0.2) is 0 Å². The van der Waals surface area contributed by atoms with Crippen LogP contribution < -0.4 is 9.80 Å². The van der Waals surface area contributed by atoms with Crippen molar-refractivity contribution in [3.63, 3.8) is 0 Å². The second-order valence-electron chi connectivity index (χ2n) is 11.1. The summed E-state index contributed by atoms with van der Waals surface area (Å²) in [7, 11) is 0. The number of nitrogens with zero attached hydrogens (tertiary/aromatic N) is 2. The summed E-state index contributed by atoms with van der Waals surface area (Å²) in [5.74, 6) is -1.33. The number of carbonyl (C=O) groups excluding carboxylic acids is 2. The van der Waals surface area contributed by atoms with E-state index < -0.39 is 11.3 Å². The Labute approximate surface area is 209 Å². The van der Waals surface area contributed by atoms with Gasteiger partial charge in [-0.25, -0.2) is 0 Å². The molecular weight excluding hydrogens is 436 g/mol. The smallest absolute Gasteiger partial charge is 0.283 e. The number of carbonyl (C=O) groups is 2. The summed E-state index contributed by atoms with van der Waals surface area (Å²) in [6, 6.07) is 8.36. The Morgan fingerprint density at radius 3 is 1.31 bits per heavy atom. The zero-order valence-electron chi connectivity index (χ0n) is 23.0. The van der Waals surface area contributed by atoms with E-state index in [2.05, 4.69) is 45.0 Å². The van der Waals surface area contributed by atoms with Gasteiger partial charge in [0.2, 0.25) is 11.8 Å². The van der Waals surface area contributed by atoms with E-state index in [1.54, 1.807) is 23.6 Å². The van der Waals surface area contributed by atoms with E-state index in [1.807, 2.05) is 41.5 Å². The molecule has 35 heavy (non-hydrogen) atoms. The van der Waals surface area contributed by atoms with Crippen LogP contribution in [-0.2, 0) is 14.3 Å². The molecule has 0 saturated carbocycles. The Morgan fingerprint density at radius 2 is 1.03 bits per heavy atom. The summed E-state index contributed by atoms with van der Waals surface area (Å²) in [6.45, 7) is 21.7. The molecule has 2 heterocycles. The number of rotatable bonds is 2. The standard InChI is InChI=1S/C30H38N2O3/c1-16-12-18(3)25(19(4)13-16)31-27(33)29(10,11)28(34)32(26-20(5)14-17(2)15-21(26)6)30(31)23(8)22(7)24(9)35-30/h12-15,23H,1-11H3. The minimum absolute atomic E-state index is 0.244. The fourth-order valence-electron chi connectivity index (χ4n) is 6.07. The summed E-state index contributed by atoms with van der Waals surface area (Å²) in [6.07, 6.45) is 0. The van der Waals surface area contributed by atoms with Crippen LogP contribution in [-0.4, -0.2) is 17.7 Å². The van der Waals surface area contributed by atoms with Crippen molar-refractivity contribution < 1.29 is 14.3 Å². The molecular formula is C30H38N2O3. The molecule has 1 fully saturated rings. The average molecular weight is 475 g/mol. The topological polar surface area (TPSA) is 49.9 Å². The quantitative estimate of drug-likeness (QED) is 0.463. The number of amides is 2. The number of benzene rings is 2. The predicted octanol–water partition coefficient (Wildman–Crippen LogP) is 6.56. The lowest BCUT2D eigenvalue weighted by Crippen LogP contribution is -2.77. The first kappa shape index (κ1) is 25.0. The molecule has 4 rings (SSSR count). The van der Waals surface area contributed by atoms with Crippen molar-refractivity contribution in [3.05, 3.63) is 69.0 Å². The molecule has 1 unspecified atom stereocenters. The first-order chi connectivity index (χ1) is 16.2. The van der Waals surface area contributed by atoms with Crippen LogP contribution in [0.4, 0.5) is 11.4 Å². The number of ether oxygens (including phenoxy) is 1. The monoisotopic (exact) mass is 474 g/mol. The van der Waals surface area contributed by atoms with Gasteiger partial charge in [0.1, 0.15) is 5.41 Å². The number of aryl methyl sites for hydroxylation is 6. The summed E-state index contributed by atoms with van der Waals surface area (Å²) < 4.78 is 6.75. The molecule has 1 saturated heterocycles. The van der Waals surface area contributed by atoms with Crippen LogP contribution in [0, 0.1) is 52.9 Å². The highest BCUT2D eigenvalue weighted by Gasteiger charge is 2.67. The van der Waals surface area contributed by atoms with Crippen molar-refractivity contribution in [3.8, 4) is 0 Å². The fraction of sp³-hybridized carbons (Fsp3) is 0.467. The molecule has 5 heteroatoms. The third-order valence-corrected chi connectivity index (χ3v) is 7.91. The summed E-state index contributed by atoms with van der Waals surface area (Å²) in [5, 5.41) is 0. The minimum Gasteiger partial charge on any atom is -0.453 e. The van der Waals surface area contributed by atoms with Gasteiger partial charge in [0, 0.05) is 0 Å². The SMILES string of the molecule is CC1=C(C)C(C)C2(O1)N(c1c(C)cc(C)cc1C)C(=O)C(C)(C)C(=O)N2c1c(C)cc(C)cc1C. The van der Waals surface area contributed by atoms with Crippen molar-refractivity contribution in [2.45, 2.75) is 82.0 Å². The van der Waals surface area contributed by atoms with E-state index in [4.69, 9.17) is 4.74 Å². The molecule has 1 atom stereocenters. The number of anilines is 2. The third-order valence-electron chi connectivity index (χ3n) is 7.91. The molecule has 2 amide bonds. The predicted molar refractivity (Wildman–Crippen MR) is 141 cm³/mol. The van der Waals surface area contributed by atoms with Crippen LogP contribution in [0.2, 0.25) is 0 Å². The van der Waals surface area contributed by atoms with Crippen LogP contribution in [0.5, 0.6) is 0 Å². The highest BCUT2D eigenvalue weighted by Crippen LogP contribution is 2.54. The Hall–Kier alpha value is -3.08. The molecule has 0 radical (unpaired) electrons. The summed E-state index contributed by atoms with van der Waals surface area (Å²) >= 11 is 0. The van der Waals surface area contributed by atoms with Gasteiger partial charge in [-0.3, -0.25) is 19.4 Å². The van der Waals surface area contributed by atoms with Crippen LogP contribution in [0.1, 0.15) is 68.0 Å². The van der Waals surface area contributed by atoms with Gasteiger partial charge in [-0.1, -0.05) is 42.3 Å². The molecule has 5 nitrogen and oxygen atoms in total. The normalized spacial score (nSPS) is 21.3. The maximum absolute atomic E-state index is 14.3. The Morgan fingerprint density at radius 1 is 0.686 bits per heavy atom. The van der Waals surface area contributed by atoms with E-state index in [0.717, 1.165) is 56.1 Å². The van der Waals surface area contributed by atoms with Crippen molar-refractivity contribution in [2.24, 2.45) is 11.3 Å². The van der Waals surface area contributed by atoms with E-state index in [-0.39, 0.29) is 17.7 Å². The lowest BCUT2D eigenvalue weighted by atomic mass is 9.80. The molecule has 1 spiro atoms. The zero-order chi connectivity index (χ0) is 26.2. The molecule has 2 aromatic carbocycles. The van der Waals surface area contributed by atoms with E-state index in [0.29, 0.717) is 0 Å².